The van der Waals surface area contributed by atoms with Gasteiger partial charge in [-0.05, 0) is 39.7 Å². The molecule has 0 unspecified atom stereocenters. The first-order chi connectivity index (χ1) is 9.77. The van der Waals surface area contributed by atoms with Crippen molar-refractivity contribution in [3.05, 3.63) is 57.3 Å². The first-order valence-corrected chi connectivity index (χ1v) is 9.06. The molecule has 112 valence electrons. The summed E-state index contributed by atoms with van der Waals surface area (Å²) in [5, 5.41) is 0.600. The van der Waals surface area contributed by atoms with E-state index in [4.69, 9.17) is 27.0 Å². The molecule has 0 heterocycles. The van der Waals surface area contributed by atoms with Gasteiger partial charge in [-0.2, -0.15) is 0 Å². The van der Waals surface area contributed by atoms with Crippen LogP contribution in [0.3, 0.4) is 0 Å². The van der Waals surface area contributed by atoms with E-state index in [1.807, 2.05) is 0 Å². The Morgan fingerprint density at radius 3 is 2.38 bits per heavy atom. The van der Waals surface area contributed by atoms with Crippen LogP contribution in [0.4, 0.5) is 4.39 Å². The third kappa shape index (κ3) is 4.32. The molecule has 2 rings (SSSR count). The van der Waals surface area contributed by atoms with Crippen LogP contribution in [-0.2, 0) is 15.7 Å². The van der Waals surface area contributed by atoms with Crippen molar-refractivity contribution in [1.29, 1.82) is 0 Å². The molecule has 3 nitrogen and oxygen atoms in total. The first-order valence-electron chi connectivity index (χ1n) is 5.58. The van der Waals surface area contributed by atoms with Crippen molar-refractivity contribution in [2.24, 2.45) is 0 Å². The Hall–Kier alpha value is -0.820. The lowest BCUT2D eigenvalue weighted by molar-refractivity contribution is 0.302. The highest BCUT2D eigenvalue weighted by Gasteiger charge is 2.19. The van der Waals surface area contributed by atoms with Crippen molar-refractivity contribution in [2.75, 3.05) is 0 Å². The lowest BCUT2D eigenvalue weighted by Gasteiger charge is -2.10. The van der Waals surface area contributed by atoms with Gasteiger partial charge in [-0.15, -0.1) is 0 Å². The van der Waals surface area contributed by atoms with E-state index in [-0.39, 0.29) is 16.8 Å². The van der Waals surface area contributed by atoms with Crippen molar-refractivity contribution in [2.45, 2.75) is 11.5 Å². The van der Waals surface area contributed by atoms with Gasteiger partial charge in [0.15, 0.2) is 0 Å². The monoisotopic (exact) mass is 412 g/mol. The first kappa shape index (κ1) is 16.5. The number of halogens is 4. The van der Waals surface area contributed by atoms with Crippen LogP contribution in [-0.4, -0.2) is 8.42 Å². The normalized spacial score (nSPS) is 11.4. The molecule has 0 N–H and O–H groups in total. The molecular weight excluding hydrogens is 406 g/mol. The number of ether oxygens (including phenoxy) is 1. The van der Waals surface area contributed by atoms with Crippen molar-refractivity contribution in [1.82, 2.24) is 0 Å². The van der Waals surface area contributed by atoms with Crippen LogP contribution in [0.5, 0.6) is 5.75 Å². The van der Waals surface area contributed by atoms with Crippen molar-refractivity contribution < 1.29 is 17.5 Å². The summed E-state index contributed by atoms with van der Waals surface area (Å²) in [4.78, 5) is -0.602. The molecule has 2 aromatic rings. The largest absolute Gasteiger partial charge is 0.488 e. The Morgan fingerprint density at radius 1 is 1.19 bits per heavy atom. The summed E-state index contributed by atoms with van der Waals surface area (Å²) >= 11 is 8.89. The highest BCUT2D eigenvalue weighted by molar-refractivity contribution is 9.10. The van der Waals surface area contributed by atoms with E-state index >= 15 is 0 Å². The molecule has 0 atom stereocenters. The van der Waals surface area contributed by atoms with Gasteiger partial charge in [0.25, 0.3) is 9.05 Å². The molecule has 0 saturated carbocycles. The van der Waals surface area contributed by atoms with Crippen LogP contribution in [0.25, 0.3) is 0 Å². The molecule has 21 heavy (non-hydrogen) atoms. The van der Waals surface area contributed by atoms with Gasteiger partial charge in [-0.1, -0.05) is 23.7 Å². The van der Waals surface area contributed by atoms with Crippen LogP contribution in [0.2, 0.25) is 5.02 Å². The Bertz CT molecular complexity index is 764. The van der Waals surface area contributed by atoms with E-state index in [0.29, 0.717) is 5.02 Å². The van der Waals surface area contributed by atoms with Gasteiger partial charge in [0.05, 0.1) is 4.47 Å². The third-order valence-corrected chi connectivity index (χ3v) is 4.77. The molecular formula is C13H8BrCl2FO3S. The number of rotatable bonds is 4. The highest BCUT2D eigenvalue weighted by Crippen LogP contribution is 2.32. The van der Waals surface area contributed by atoms with E-state index in [0.717, 1.165) is 17.7 Å². The predicted molar refractivity (Wildman–Crippen MR) is 82.9 cm³/mol. The van der Waals surface area contributed by atoms with E-state index < -0.39 is 19.8 Å². The highest BCUT2D eigenvalue weighted by atomic mass is 79.9. The van der Waals surface area contributed by atoms with Gasteiger partial charge in [0, 0.05) is 21.8 Å². The van der Waals surface area contributed by atoms with Gasteiger partial charge in [0.1, 0.15) is 23.1 Å². The Labute approximate surface area is 139 Å². The molecule has 0 aliphatic heterocycles. The summed E-state index contributed by atoms with van der Waals surface area (Å²) in [6, 6.07) is 8.98. The Morgan fingerprint density at radius 2 is 1.81 bits per heavy atom. The van der Waals surface area contributed by atoms with Crippen molar-refractivity contribution in [3.63, 3.8) is 0 Å². The van der Waals surface area contributed by atoms with Crippen LogP contribution in [0.15, 0.2) is 45.8 Å². The molecule has 0 fully saturated rings. The zero-order chi connectivity index (χ0) is 15.6. The summed E-state index contributed by atoms with van der Waals surface area (Å²) in [6.45, 7) is 0.183. The molecule has 0 amide bonds. The van der Waals surface area contributed by atoms with Crippen LogP contribution < -0.4 is 4.74 Å². The molecule has 2 aromatic carbocycles. The summed E-state index contributed by atoms with van der Waals surface area (Å²) < 4.78 is 41.8. The fourth-order valence-electron chi connectivity index (χ4n) is 1.55. The second-order valence-electron chi connectivity index (χ2n) is 4.07. The number of hydrogen-bond acceptors (Lipinski definition) is 3. The molecule has 0 aliphatic carbocycles. The molecule has 8 heteroatoms. The van der Waals surface area contributed by atoms with Gasteiger partial charge in [0.2, 0.25) is 0 Å². The maximum absolute atomic E-state index is 13.7. The van der Waals surface area contributed by atoms with Gasteiger partial charge in [-0.25, -0.2) is 12.8 Å². The summed E-state index contributed by atoms with van der Waals surface area (Å²) in [6.07, 6.45) is 0. The minimum Gasteiger partial charge on any atom is -0.488 e. The Kier molecular flexibility index (Phi) is 5.14. The summed E-state index contributed by atoms with van der Waals surface area (Å²) in [5.41, 5.74) is 0.834. The maximum atomic E-state index is 13.7. The second kappa shape index (κ2) is 6.52. The quantitative estimate of drug-likeness (QED) is 0.679. The standard InChI is InChI=1S/C13H8BrCl2FO3S/c14-10-5-13(21(16,18)19)11(17)6-12(10)20-7-8-1-3-9(15)4-2-8/h1-6H,7H2. The third-order valence-electron chi connectivity index (χ3n) is 2.56. The average molecular weight is 414 g/mol. The van der Waals surface area contributed by atoms with E-state index in [1.54, 1.807) is 24.3 Å². The van der Waals surface area contributed by atoms with E-state index in [9.17, 15) is 12.8 Å². The SMILES string of the molecule is O=S(=O)(Cl)c1cc(Br)c(OCc2ccc(Cl)cc2)cc1F. The molecule has 0 saturated heterocycles. The average Bonchev–Trinajstić information content (AvgIpc) is 2.40. The van der Waals surface area contributed by atoms with Crippen LogP contribution in [0, 0.1) is 5.82 Å². The summed E-state index contributed by atoms with van der Waals surface area (Å²) in [7, 11) is 0.986. The molecule has 0 aliphatic rings. The van der Waals surface area contributed by atoms with Gasteiger partial charge in [-0.3, -0.25) is 0 Å². The molecule has 0 aromatic heterocycles. The Balaban J connectivity index is 2.21. The van der Waals surface area contributed by atoms with Crippen molar-refractivity contribution >= 4 is 47.3 Å². The van der Waals surface area contributed by atoms with Gasteiger partial charge >= 0.3 is 0 Å². The van der Waals surface area contributed by atoms with Gasteiger partial charge < -0.3 is 4.74 Å². The molecule has 0 spiro atoms. The van der Waals surface area contributed by atoms with E-state index in [1.165, 1.54) is 0 Å². The summed E-state index contributed by atoms with van der Waals surface area (Å²) in [5.74, 6) is -0.800. The molecule has 0 bridgehead atoms. The number of benzene rings is 2. The maximum Gasteiger partial charge on any atom is 0.264 e. The fraction of sp³-hybridized carbons (Fsp3) is 0.0769. The lowest BCUT2D eigenvalue weighted by Crippen LogP contribution is -2.00. The van der Waals surface area contributed by atoms with Crippen LogP contribution in [0.1, 0.15) is 5.56 Å². The fourth-order valence-corrected chi connectivity index (χ4v) is 3.19. The van der Waals surface area contributed by atoms with Crippen molar-refractivity contribution in [3.8, 4) is 5.75 Å². The second-order valence-corrected chi connectivity index (χ2v) is 7.89. The number of hydrogen-bond donors (Lipinski definition) is 0. The minimum atomic E-state index is -4.15. The zero-order valence-corrected chi connectivity index (χ0v) is 14.2. The minimum absolute atomic E-state index is 0.173. The predicted octanol–water partition coefficient (Wildman–Crippen LogP) is 4.75. The van der Waals surface area contributed by atoms with Crippen LogP contribution >= 0.6 is 38.2 Å². The topological polar surface area (TPSA) is 43.4 Å². The molecule has 0 radical (unpaired) electrons. The van der Waals surface area contributed by atoms with E-state index in [2.05, 4.69) is 15.9 Å². The smallest absolute Gasteiger partial charge is 0.264 e. The lowest BCUT2D eigenvalue weighted by atomic mass is 10.2. The zero-order valence-electron chi connectivity index (χ0n) is 10.3.